The fraction of sp³-hybridized carbons (Fsp3) is 0.0526. The van der Waals surface area contributed by atoms with Gasteiger partial charge in [0.1, 0.15) is 11.5 Å². The van der Waals surface area contributed by atoms with Crippen molar-refractivity contribution in [3.05, 3.63) is 91.4 Å². The average molecular weight is 494 g/mol. The highest BCUT2D eigenvalue weighted by Gasteiger charge is 2.53. The van der Waals surface area contributed by atoms with Gasteiger partial charge in [-0.1, -0.05) is 70.7 Å². The van der Waals surface area contributed by atoms with Crippen molar-refractivity contribution in [1.29, 1.82) is 0 Å². The van der Waals surface area contributed by atoms with Crippen LogP contribution in [0.2, 0.25) is 20.1 Å². The molecule has 0 spiro atoms. The van der Waals surface area contributed by atoms with Crippen LogP contribution in [0.3, 0.4) is 0 Å². The first-order valence-electron chi connectivity index (χ1n) is 7.89. The van der Waals surface area contributed by atoms with Gasteiger partial charge < -0.3 is 10.2 Å². The Kier molecular flexibility index (Phi) is 5.98. The molecule has 0 aromatic heterocycles. The normalized spacial score (nSPS) is 13.8. The van der Waals surface area contributed by atoms with Crippen molar-refractivity contribution < 1.29 is 23.2 Å². The Morgan fingerprint density at radius 2 is 1.34 bits per heavy atom. The van der Waals surface area contributed by atoms with Gasteiger partial charge in [-0.3, -0.25) is 4.55 Å². The lowest BCUT2D eigenvalue weighted by Gasteiger charge is -2.34. The van der Waals surface area contributed by atoms with E-state index >= 15 is 0 Å². The number of phenols is 2. The molecule has 1 atom stereocenters. The van der Waals surface area contributed by atoms with Crippen molar-refractivity contribution in [2.75, 3.05) is 0 Å². The molecule has 3 aromatic rings. The third-order valence-corrected chi connectivity index (χ3v) is 6.92. The van der Waals surface area contributed by atoms with Crippen LogP contribution >= 0.6 is 46.4 Å². The molecule has 5 nitrogen and oxygen atoms in total. The van der Waals surface area contributed by atoms with E-state index in [1.807, 2.05) is 0 Å². The topological polar surface area (TPSA) is 94.8 Å². The summed E-state index contributed by atoms with van der Waals surface area (Å²) in [6, 6.07) is 11.5. The maximum Gasteiger partial charge on any atom is 0.283 e. The fourth-order valence-corrected chi connectivity index (χ4v) is 6.13. The molecule has 0 bridgehead atoms. The fourth-order valence-electron chi connectivity index (χ4n) is 3.26. The zero-order chi connectivity index (χ0) is 21.6. The Hall–Kier alpha value is -1.67. The Balaban J connectivity index is 2.66. The number of hydrogen-bond donors (Lipinski definition) is 3. The van der Waals surface area contributed by atoms with E-state index < -0.39 is 20.6 Å². The van der Waals surface area contributed by atoms with E-state index in [2.05, 4.69) is 0 Å². The van der Waals surface area contributed by atoms with E-state index in [4.69, 9.17) is 46.4 Å². The highest BCUT2D eigenvalue weighted by atomic mass is 35.5. The van der Waals surface area contributed by atoms with Gasteiger partial charge in [0.05, 0.1) is 10.0 Å². The molecule has 3 N–H and O–H groups in total. The first-order chi connectivity index (χ1) is 13.5. The van der Waals surface area contributed by atoms with Crippen molar-refractivity contribution in [2.45, 2.75) is 4.75 Å². The first-order valence-corrected chi connectivity index (χ1v) is 10.8. The maximum absolute atomic E-state index is 13.0. The number of rotatable bonds is 4. The number of benzene rings is 3. The van der Waals surface area contributed by atoms with Crippen LogP contribution in [0.1, 0.15) is 16.7 Å². The van der Waals surface area contributed by atoms with Gasteiger partial charge in [-0.25, -0.2) is 0 Å². The molecular weight excluding hydrogens is 482 g/mol. The largest absolute Gasteiger partial charge is 0.508 e. The van der Waals surface area contributed by atoms with E-state index in [0.29, 0.717) is 0 Å². The molecule has 0 radical (unpaired) electrons. The van der Waals surface area contributed by atoms with E-state index in [0.717, 1.165) is 12.1 Å². The zero-order valence-corrected chi connectivity index (χ0v) is 18.1. The van der Waals surface area contributed by atoms with Gasteiger partial charge in [0, 0.05) is 26.7 Å². The van der Waals surface area contributed by atoms with Crippen molar-refractivity contribution >= 4 is 56.5 Å². The summed E-state index contributed by atoms with van der Waals surface area (Å²) in [4.78, 5) is 0. The van der Waals surface area contributed by atoms with Gasteiger partial charge in [-0.15, -0.1) is 0 Å². The highest BCUT2D eigenvalue weighted by Crippen LogP contribution is 2.53. The van der Waals surface area contributed by atoms with Crippen LogP contribution in [0.4, 0.5) is 0 Å². The molecule has 3 aromatic carbocycles. The van der Waals surface area contributed by atoms with Gasteiger partial charge >= 0.3 is 0 Å². The van der Waals surface area contributed by atoms with Gasteiger partial charge in [0.2, 0.25) is 0 Å². The van der Waals surface area contributed by atoms with Crippen molar-refractivity contribution in [3.63, 3.8) is 0 Å². The van der Waals surface area contributed by atoms with Gasteiger partial charge in [-0.05, 0) is 30.3 Å². The Morgan fingerprint density at radius 1 is 0.759 bits per heavy atom. The second-order valence-corrected chi connectivity index (χ2v) is 9.30. The van der Waals surface area contributed by atoms with E-state index in [-0.39, 0.29) is 42.5 Å². The van der Waals surface area contributed by atoms with Crippen molar-refractivity contribution in [1.82, 2.24) is 0 Å². The molecule has 152 valence electrons. The lowest BCUT2D eigenvalue weighted by Crippen LogP contribution is -2.39. The molecule has 10 heteroatoms. The molecule has 0 aliphatic heterocycles. The third-order valence-electron chi connectivity index (χ3n) is 4.36. The Bertz CT molecular complexity index is 1190. The summed E-state index contributed by atoms with van der Waals surface area (Å²) in [6.07, 6.45) is 0. The van der Waals surface area contributed by atoms with Crippen LogP contribution < -0.4 is 0 Å². The minimum atomic E-state index is -5.14. The van der Waals surface area contributed by atoms with E-state index in [1.165, 1.54) is 42.5 Å². The molecular formula is C19H12Cl4O5S. The predicted octanol–water partition coefficient (Wildman–Crippen LogP) is 5.89. The standard InChI is InChI=1S/C19H12Cl4O5S/c20-10-5-6-12(14(21)7-10)19(29(26,27)28,13-3-1-2-4-17(13)25)18-15(22)8-11(24)9-16(18)23/h1-9,24-25H,(H,26,27,28). The molecule has 0 fully saturated rings. The molecule has 1 unspecified atom stereocenters. The molecule has 3 rings (SSSR count). The number of aromatic hydroxyl groups is 2. The Morgan fingerprint density at radius 3 is 1.86 bits per heavy atom. The van der Waals surface area contributed by atoms with Gasteiger partial charge in [-0.2, -0.15) is 8.42 Å². The lowest BCUT2D eigenvalue weighted by molar-refractivity contribution is 0.440. The minimum absolute atomic E-state index is 0.126. The Labute approximate surface area is 186 Å². The molecule has 0 heterocycles. The number of phenolic OH excluding ortho intramolecular Hbond substituents is 2. The molecule has 0 amide bonds. The van der Waals surface area contributed by atoms with Crippen molar-refractivity contribution in [3.8, 4) is 11.5 Å². The smallest absolute Gasteiger partial charge is 0.283 e. The van der Waals surface area contributed by atoms with Crippen LogP contribution in [0.5, 0.6) is 11.5 Å². The summed E-state index contributed by atoms with van der Waals surface area (Å²) in [5, 5.41) is 19.9. The number of hydrogen-bond acceptors (Lipinski definition) is 4. The van der Waals surface area contributed by atoms with Crippen molar-refractivity contribution in [2.24, 2.45) is 0 Å². The summed E-state index contributed by atoms with van der Waals surface area (Å²) in [6.45, 7) is 0. The zero-order valence-electron chi connectivity index (χ0n) is 14.3. The molecule has 0 saturated heterocycles. The van der Waals surface area contributed by atoms with E-state index in [9.17, 15) is 23.2 Å². The van der Waals surface area contributed by atoms with E-state index in [1.54, 1.807) is 0 Å². The monoisotopic (exact) mass is 492 g/mol. The number of para-hydroxylation sites is 1. The summed E-state index contributed by atoms with van der Waals surface area (Å²) in [5.74, 6) is -0.788. The second-order valence-electron chi connectivity index (χ2n) is 6.08. The summed E-state index contributed by atoms with van der Waals surface area (Å²) < 4.78 is 34.0. The van der Waals surface area contributed by atoms with Crippen LogP contribution in [-0.2, 0) is 14.9 Å². The summed E-state index contributed by atoms with van der Waals surface area (Å²) in [5.41, 5.74) is -0.699. The van der Waals surface area contributed by atoms with Crippen LogP contribution in [0.15, 0.2) is 54.6 Å². The maximum atomic E-state index is 13.0. The lowest BCUT2D eigenvalue weighted by atomic mass is 9.83. The van der Waals surface area contributed by atoms with Gasteiger partial charge in [0.15, 0.2) is 4.75 Å². The van der Waals surface area contributed by atoms with Crippen LogP contribution in [0.25, 0.3) is 0 Å². The van der Waals surface area contributed by atoms with Gasteiger partial charge in [0.25, 0.3) is 10.1 Å². The first kappa shape index (κ1) is 22.0. The molecule has 0 aliphatic carbocycles. The number of halogens is 4. The van der Waals surface area contributed by atoms with Crippen LogP contribution in [0, 0.1) is 0 Å². The summed E-state index contributed by atoms with van der Waals surface area (Å²) in [7, 11) is -5.14. The predicted molar refractivity (Wildman–Crippen MR) is 114 cm³/mol. The minimum Gasteiger partial charge on any atom is -0.508 e. The quantitative estimate of drug-likeness (QED) is 0.311. The molecule has 29 heavy (non-hydrogen) atoms. The molecule has 0 saturated carbocycles. The van der Waals surface area contributed by atoms with Crippen LogP contribution in [-0.4, -0.2) is 23.2 Å². The second kappa shape index (κ2) is 7.87. The third kappa shape index (κ3) is 3.65. The summed E-state index contributed by atoms with van der Waals surface area (Å²) >= 11 is 24.9. The SMILES string of the molecule is O=S(=O)(O)C(c1ccccc1O)(c1ccc(Cl)cc1Cl)c1c(Cl)cc(O)cc1Cl. The molecule has 0 aliphatic rings. The average Bonchev–Trinajstić information content (AvgIpc) is 2.58. The highest BCUT2D eigenvalue weighted by molar-refractivity contribution is 7.87.